The first-order valence-corrected chi connectivity index (χ1v) is 13.9. The van der Waals surface area contributed by atoms with Gasteiger partial charge in [0, 0.05) is 29.4 Å². The maximum absolute atomic E-state index is 13.5. The van der Waals surface area contributed by atoms with E-state index in [0.717, 1.165) is 30.2 Å². The minimum absolute atomic E-state index is 0.00314. The highest BCUT2D eigenvalue weighted by atomic mass is 35.5. The van der Waals surface area contributed by atoms with Crippen LogP contribution in [0.4, 0.5) is 5.69 Å². The number of furan rings is 1. The molecule has 0 unspecified atom stereocenters. The molecule has 0 bridgehead atoms. The topological polar surface area (TPSA) is 115 Å². The van der Waals surface area contributed by atoms with Gasteiger partial charge in [-0.2, -0.15) is 0 Å². The molecule has 5 rings (SSSR count). The average Bonchev–Trinajstić information content (AvgIpc) is 3.64. The van der Waals surface area contributed by atoms with E-state index in [2.05, 4.69) is 15.6 Å². The summed E-state index contributed by atoms with van der Waals surface area (Å²) in [6, 6.07) is 13.6. The Bertz CT molecular complexity index is 1560. The van der Waals surface area contributed by atoms with Gasteiger partial charge in [0.1, 0.15) is 5.76 Å². The fourth-order valence-electron chi connectivity index (χ4n) is 4.26. The largest absolute Gasteiger partial charge is 0.467 e. The molecule has 39 heavy (non-hydrogen) atoms. The third kappa shape index (κ3) is 6.52. The van der Waals surface area contributed by atoms with E-state index in [1.54, 1.807) is 42.5 Å². The Morgan fingerprint density at radius 3 is 2.82 bits per heavy atom. The van der Waals surface area contributed by atoms with Gasteiger partial charge in [0.05, 0.1) is 35.6 Å². The van der Waals surface area contributed by atoms with Crippen LogP contribution in [0.5, 0.6) is 0 Å². The van der Waals surface area contributed by atoms with E-state index in [9.17, 15) is 14.4 Å². The molecule has 0 saturated carbocycles. The van der Waals surface area contributed by atoms with Crippen molar-refractivity contribution in [3.05, 3.63) is 87.1 Å². The Balaban J connectivity index is 1.39. The Kier molecular flexibility index (Phi) is 8.35. The fraction of sp³-hybridized carbons (Fsp3) is 0.286. The first kappa shape index (κ1) is 27.0. The van der Waals surface area contributed by atoms with Gasteiger partial charge in [-0.1, -0.05) is 29.4 Å². The number of ether oxygens (including phenoxy) is 1. The van der Waals surface area contributed by atoms with Crippen LogP contribution in [-0.4, -0.2) is 46.4 Å². The standard InChI is InChI=1S/C28H27ClN4O5S/c1-17-6-8-19(13-23(17)29)31-25(34)16-39-28-32-24-12-18(26(35)30-14-20-4-2-10-37-20)7-9-22(24)27(36)33(28)15-21-5-3-11-38-21/h3,5-9,11-13,20H,2,4,10,14-16H2,1H3,(H,30,35)(H,31,34)/t20-/m1/s1. The van der Waals surface area contributed by atoms with E-state index in [1.165, 1.54) is 10.8 Å². The number of hydrogen-bond acceptors (Lipinski definition) is 7. The number of nitrogens with zero attached hydrogens (tertiary/aromatic N) is 2. The summed E-state index contributed by atoms with van der Waals surface area (Å²) in [6.45, 7) is 3.17. The van der Waals surface area contributed by atoms with Crippen LogP contribution in [0.25, 0.3) is 10.9 Å². The van der Waals surface area contributed by atoms with Gasteiger partial charge in [-0.05, 0) is 67.8 Å². The van der Waals surface area contributed by atoms with Gasteiger partial charge in [-0.15, -0.1) is 0 Å². The molecule has 4 aromatic rings. The number of hydrogen-bond donors (Lipinski definition) is 2. The second kappa shape index (κ2) is 12.1. The number of aromatic nitrogens is 2. The number of fused-ring (bicyclic) bond motifs is 1. The van der Waals surface area contributed by atoms with Crippen LogP contribution in [0, 0.1) is 6.92 Å². The third-order valence-corrected chi connectivity index (χ3v) is 7.76. The maximum Gasteiger partial charge on any atom is 0.262 e. The molecule has 11 heteroatoms. The zero-order valence-corrected chi connectivity index (χ0v) is 22.8. The molecule has 1 saturated heterocycles. The Morgan fingerprint density at radius 1 is 1.21 bits per heavy atom. The molecule has 1 fully saturated rings. The van der Waals surface area contributed by atoms with E-state index in [1.807, 2.05) is 13.0 Å². The maximum atomic E-state index is 13.5. The van der Waals surface area contributed by atoms with Crippen molar-refractivity contribution in [3.8, 4) is 0 Å². The van der Waals surface area contributed by atoms with Crippen molar-refractivity contribution < 1.29 is 18.7 Å². The summed E-state index contributed by atoms with van der Waals surface area (Å²) in [5.74, 6) is 0.0349. The molecular formula is C28H27ClN4O5S. The van der Waals surface area contributed by atoms with Crippen LogP contribution >= 0.6 is 23.4 Å². The lowest BCUT2D eigenvalue weighted by molar-refractivity contribution is -0.113. The quantitative estimate of drug-likeness (QED) is 0.224. The molecule has 3 heterocycles. The average molecular weight is 567 g/mol. The number of anilines is 1. The summed E-state index contributed by atoms with van der Waals surface area (Å²) in [6.07, 6.45) is 3.46. The Hall–Kier alpha value is -3.60. The summed E-state index contributed by atoms with van der Waals surface area (Å²) in [4.78, 5) is 43.7. The van der Waals surface area contributed by atoms with E-state index in [0.29, 0.717) is 51.2 Å². The highest BCUT2D eigenvalue weighted by Gasteiger charge is 2.19. The van der Waals surface area contributed by atoms with Gasteiger partial charge < -0.3 is 19.8 Å². The van der Waals surface area contributed by atoms with Crippen molar-refractivity contribution in [3.63, 3.8) is 0 Å². The first-order chi connectivity index (χ1) is 18.9. The van der Waals surface area contributed by atoms with E-state index in [4.69, 9.17) is 20.8 Å². The van der Waals surface area contributed by atoms with Crippen LogP contribution in [0.2, 0.25) is 5.02 Å². The lowest BCUT2D eigenvalue weighted by Gasteiger charge is -2.14. The zero-order valence-electron chi connectivity index (χ0n) is 21.2. The van der Waals surface area contributed by atoms with Crippen LogP contribution < -0.4 is 16.2 Å². The fourth-order valence-corrected chi connectivity index (χ4v) is 5.24. The van der Waals surface area contributed by atoms with Crippen molar-refractivity contribution in [1.29, 1.82) is 0 Å². The van der Waals surface area contributed by atoms with Gasteiger partial charge in [-0.25, -0.2) is 4.98 Å². The number of aryl methyl sites for hydroxylation is 1. The molecule has 2 aromatic carbocycles. The number of rotatable bonds is 9. The number of carbonyl (C=O) groups is 2. The van der Waals surface area contributed by atoms with E-state index < -0.39 is 0 Å². The van der Waals surface area contributed by atoms with Crippen molar-refractivity contribution in [2.75, 3.05) is 24.2 Å². The summed E-state index contributed by atoms with van der Waals surface area (Å²) >= 11 is 7.29. The molecule has 1 atom stereocenters. The normalized spacial score (nSPS) is 15.0. The van der Waals surface area contributed by atoms with Crippen LogP contribution in [-0.2, 0) is 16.1 Å². The molecule has 0 radical (unpaired) electrons. The molecule has 2 amide bonds. The van der Waals surface area contributed by atoms with Crippen molar-refractivity contribution >= 4 is 51.8 Å². The second-order valence-electron chi connectivity index (χ2n) is 9.24. The Morgan fingerprint density at radius 2 is 2.08 bits per heavy atom. The van der Waals surface area contributed by atoms with Gasteiger partial charge >= 0.3 is 0 Å². The van der Waals surface area contributed by atoms with Crippen molar-refractivity contribution in [2.24, 2.45) is 0 Å². The van der Waals surface area contributed by atoms with Gasteiger partial charge in [0.2, 0.25) is 5.91 Å². The minimum atomic E-state index is -0.295. The molecule has 1 aliphatic rings. The molecule has 1 aliphatic heterocycles. The van der Waals surface area contributed by atoms with Gasteiger partial charge in [0.25, 0.3) is 11.5 Å². The lowest BCUT2D eigenvalue weighted by Crippen LogP contribution is -2.31. The summed E-state index contributed by atoms with van der Waals surface area (Å²) in [7, 11) is 0. The van der Waals surface area contributed by atoms with Crippen molar-refractivity contribution in [2.45, 2.75) is 37.6 Å². The first-order valence-electron chi connectivity index (χ1n) is 12.5. The molecule has 9 nitrogen and oxygen atoms in total. The number of nitrogens with one attached hydrogen (secondary N) is 2. The molecule has 2 aromatic heterocycles. The van der Waals surface area contributed by atoms with Crippen LogP contribution in [0.15, 0.2) is 69.2 Å². The second-order valence-corrected chi connectivity index (χ2v) is 10.6. The number of halogens is 1. The number of amides is 2. The summed E-state index contributed by atoms with van der Waals surface area (Å²) in [5, 5.41) is 6.96. The minimum Gasteiger partial charge on any atom is -0.467 e. The van der Waals surface area contributed by atoms with Gasteiger partial charge in [-0.3, -0.25) is 19.0 Å². The predicted octanol–water partition coefficient (Wildman–Crippen LogP) is 4.64. The van der Waals surface area contributed by atoms with Crippen LogP contribution in [0.3, 0.4) is 0 Å². The highest BCUT2D eigenvalue weighted by molar-refractivity contribution is 7.99. The van der Waals surface area contributed by atoms with E-state index in [-0.39, 0.29) is 35.8 Å². The number of thioether (sulfide) groups is 1. The smallest absolute Gasteiger partial charge is 0.262 e. The number of benzene rings is 2. The van der Waals surface area contributed by atoms with Crippen molar-refractivity contribution in [1.82, 2.24) is 14.9 Å². The molecule has 2 N–H and O–H groups in total. The molecule has 0 aliphatic carbocycles. The highest BCUT2D eigenvalue weighted by Crippen LogP contribution is 2.23. The van der Waals surface area contributed by atoms with Crippen LogP contribution in [0.1, 0.15) is 34.5 Å². The monoisotopic (exact) mass is 566 g/mol. The summed E-state index contributed by atoms with van der Waals surface area (Å²) in [5.41, 5.74) is 1.95. The molecule has 0 spiro atoms. The lowest BCUT2D eigenvalue weighted by atomic mass is 10.1. The zero-order chi connectivity index (χ0) is 27.4. The Labute approximate surface area is 233 Å². The SMILES string of the molecule is Cc1ccc(NC(=O)CSc2nc3cc(C(=O)NC[C@H]4CCCO4)ccc3c(=O)n2Cc2ccco2)cc1Cl. The summed E-state index contributed by atoms with van der Waals surface area (Å²) < 4.78 is 12.5. The number of carbonyl (C=O) groups excluding carboxylic acids is 2. The molecule has 202 valence electrons. The predicted molar refractivity (Wildman–Crippen MR) is 151 cm³/mol. The van der Waals surface area contributed by atoms with Gasteiger partial charge in [0.15, 0.2) is 5.16 Å². The van der Waals surface area contributed by atoms with E-state index >= 15 is 0 Å². The molecular weight excluding hydrogens is 540 g/mol. The third-order valence-electron chi connectivity index (χ3n) is 6.38.